The first kappa shape index (κ1) is 13.1. The lowest BCUT2D eigenvalue weighted by Gasteiger charge is -2.05. The molecule has 0 fully saturated rings. The van der Waals surface area contributed by atoms with E-state index in [9.17, 15) is 0 Å². The molecule has 0 aliphatic rings. The van der Waals surface area contributed by atoms with Gasteiger partial charge in [0.1, 0.15) is 5.01 Å². The Morgan fingerprint density at radius 3 is 2.20 bits per heavy atom. The zero-order valence-corrected chi connectivity index (χ0v) is 12.5. The largest absolute Gasteiger partial charge is 0.244 e. The van der Waals surface area contributed by atoms with Gasteiger partial charge in [-0.15, -0.1) is 11.3 Å². The highest BCUT2D eigenvalue weighted by Crippen LogP contribution is 2.32. The molecule has 0 N–H and O–H groups in total. The lowest BCUT2D eigenvalue weighted by atomic mass is 10.0. The molecule has 1 nitrogen and oxygen atoms in total. The molecule has 3 rings (SSSR count). The Kier molecular flexibility index (Phi) is 3.66. The van der Waals surface area contributed by atoms with Crippen LogP contribution in [0.4, 0.5) is 0 Å². The Morgan fingerprint density at radius 1 is 0.850 bits per heavy atom. The third kappa shape index (κ3) is 2.66. The number of hydrogen-bond acceptors (Lipinski definition) is 2. The SMILES string of the molecule is CC(C)c1ccc(-c2cnc(-c3ccccc3)s2)cc1. The predicted molar refractivity (Wildman–Crippen MR) is 87.1 cm³/mol. The van der Waals surface area contributed by atoms with E-state index < -0.39 is 0 Å². The van der Waals surface area contributed by atoms with Gasteiger partial charge in [-0.3, -0.25) is 0 Å². The Morgan fingerprint density at radius 2 is 1.55 bits per heavy atom. The van der Waals surface area contributed by atoms with E-state index in [0.717, 1.165) is 5.01 Å². The highest BCUT2D eigenvalue weighted by Gasteiger charge is 2.07. The lowest BCUT2D eigenvalue weighted by Crippen LogP contribution is -1.85. The summed E-state index contributed by atoms with van der Waals surface area (Å²) in [5.74, 6) is 0.574. The normalized spacial score (nSPS) is 10.9. The summed E-state index contributed by atoms with van der Waals surface area (Å²) in [5, 5.41) is 1.08. The fraction of sp³-hybridized carbons (Fsp3) is 0.167. The van der Waals surface area contributed by atoms with Crippen LogP contribution in [-0.4, -0.2) is 4.98 Å². The van der Waals surface area contributed by atoms with E-state index in [0.29, 0.717) is 5.92 Å². The zero-order chi connectivity index (χ0) is 13.9. The molecule has 2 aromatic carbocycles. The van der Waals surface area contributed by atoms with Gasteiger partial charge in [-0.2, -0.15) is 0 Å². The summed E-state index contributed by atoms with van der Waals surface area (Å²) < 4.78 is 0. The van der Waals surface area contributed by atoms with Crippen molar-refractivity contribution in [1.29, 1.82) is 0 Å². The first-order chi connectivity index (χ1) is 9.74. The quantitative estimate of drug-likeness (QED) is 0.608. The second-order valence-corrected chi connectivity index (χ2v) is 6.20. The molecule has 20 heavy (non-hydrogen) atoms. The van der Waals surface area contributed by atoms with E-state index in [2.05, 4.69) is 55.2 Å². The molecule has 0 spiro atoms. The summed E-state index contributed by atoms with van der Waals surface area (Å²) in [4.78, 5) is 5.76. The van der Waals surface area contributed by atoms with Crippen molar-refractivity contribution in [2.75, 3.05) is 0 Å². The molecular formula is C18H17NS. The van der Waals surface area contributed by atoms with Crippen LogP contribution in [0.25, 0.3) is 21.0 Å². The third-order valence-electron chi connectivity index (χ3n) is 3.39. The van der Waals surface area contributed by atoms with Gasteiger partial charge >= 0.3 is 0 Å². The maximum Gasteiger partial charge on any atom is 0.123 e. The van der Waals surface area contributed by atoms with Crippen molar-refractivity contribution in [3.05, 3.63) is 66.4 Å². The number of hydrogen-bond donors (Lipinski definition) is 0. The fourth-order valence-electron chi connectivity index (χ4n) is 2.15. The molecule has 0 amide bonds. The molecule has 0 atom stereocenters. The number of rotatable bonds is 3. The van der Waals surface area contributed by atoms with Gasteiger partial charge in [-0.05, 0) is 17.0 Å². The first-order valence-electron chi connectivity index (χ1n) is 6.85. The Balaban J connectivity index is 1.90. The van der Waals surface area contributed by atoms with E-state index in [1.165, 1.54) is 21.6 Å². The third-order valence-corrected chi connectivity index (χ3v) is 4.48. The lowest BCUT2D eigenvalue weighted by molar-refractivity contribution is 0.867. The van der Waals surface area contributed by atoms with Crippen LogP contribution in [0, 0.1) is 0 Å². The van der Waals surface area contributed by atoms with E-state index in [-0.39, 0.29) is 0 Å². The van der Waals surface area contributed by atoms with Crippen molar-refractivity contribution in [3.8, 4) is 21.0 Å². The zero-order valence-electron chi connectivity index (χ0n) is 11.7. The van der Waals surface area contributed by atoms with Crippen molar-refractivity contribution in [1.82, 2.24) is 4.98 Å². The average molecular weight is 279 g/mol. The highest BCUT2D eigenvalue weighted by molar-refractivity contribution is 7.18. The van der Waals surface area contributed by atoms with Crippen molar-refractivity contribution in [2.24, 2.45) is 0 Å². The molecular weight excluding hydrogens is 262 g/mol. The van der Waals surface area contributed by atoms with Crippen LogP contribution in [0.3, 0.4) is 0 Å². The van der Waals surface area contributed by atoms with Crippen molar-refractivity contribution < 1.29 is 0 Å². The molecule has 1 aromatic heterocycles. The van der Waals surface area contributed by atoms with Crippen LogP contribution < -0.4 is 0 Å². The molecule has 0 saturated heterocycles. The number of thiazole rings is 1. The van der Waals surface area contributed by atoms with Crippen LogP contribution in [0.1, 0.15) is 25.3 Å². The van der Waals surface area contributed by atoms with Crippen LogP contribution >= 0.6 is 11.3 Å². The minimum absolute atomic E-state index is 0.574. The monoisotopic (exact) mass is 279 g/mol. The maximum atomic E-state index is 4.54. The smallest absolute Gasteiger partial charge is 0.123 e. The van der Waals surface area contributed by atoms with Crippen molar-refractivity contribution in [2.45, 2.75) is 19.8 Å². The van der Waals surface area contributed by atoms with Crippen molar-refractivity contribution >= 4 is 11.3 Å². The number of benzene rings is 2. The van der Waals surface area contributed by atoms with E-state index in [1.54, 1.807) is 11.3 Å². The molecule has 3 aromatic rings. The summed E-state index contributed by atoms with van der Waals surface area (Å²) >= 11 is 1.74. The minimum atomic E-state index is 0.574. The predicted octanol–water partition coefficient (Wildman–Crippen LogP) is 5.60. The van der Waals surface area contributed by atoms with Gasteiger partial charge < -0.3 is 0 Å². The van der Waals surface area contributed by atoms with Gasteiger partial charge in [-0.25, -0.2) is 4.98 Å². The second-order valence-electron chi connectivity index (χ2n) is 5.17. The molecule has 0 saturated carbocycles. The number of aromatic nitrogens is 1. The van der Waals surface area contributed by atoms with Gasteiger partial charge in [0, 0.05) is 11.8 Å². The highest BCUT2D eigenvalue weighted by atomic mass is 32.1. The molecule has 0 aliphatic carbocycles. The number of nitrogens with zero attached hydrogens (tertiary/aromatic N) is 1. The van der Waals surface area contributed by atoms with Gasteiger partial charge in [0.15, 0.2) is 0 Å². The van der Waals surface area contributed by atoms with E-state index in [4.69, 9.17) is 0 Å². The summed E-state index contributed by atoms with van der Waals surface area (Å²) in [5.41, 5.74) is 3.80. The summed E-state index contributed by atoms with van der Waals surface area (Å²) in [7, 11) is 0. The second kappa shape index (κ2) is 5.59. The Labute approximate surface area is 124 Å². The molecule has 0 unspecified atom stereocenters. The minimum Gasteiger partial charge on any atom is -0.244 e. The van der Waals surface area contributed by atoms with E-state index >= 15 is 0 Å². The molecule has 2 heteroatoms. The van der Waals surface area contributed by atoms with Crippen LogP contribution in [0.15, 0.2) is 60.8 Å². The maximum absolute atomic E-state index is 4.54. The van der Waals surface area contributed by atoms with Crippen LogP contribution in [-0.2, 0) is 0 Å². The standard InChI is InChI=1S/C18H17NS/c1-13(2)14-8-10-15(11-9-14)17-12-19-18(20-17)16-6-4-3-5-7-16/h3-13H,1-2H3. The molecule has 0 bridgehead atoms. The molecule has 1 heterocycles. The molecule has 0 aliphatic heterocycles. The fourth-order valence-corrected chi connectivity index (χ4v) is 3.08. The van der Waals surface area contributed by atoms with E-state index in [1.807, 2.05) is 24.4 Å². The first-order valence-corrected chi connectivity index (χ1v) is 7.67. The topological polar surface area (TPSA) is 12.9 Å². The Bertz CT molecular complexity index is 681. The van der Waals surface area contributed by atoms with Crippen LogP contribution in [0.5, 0.6) is 0 Å². The molecule has 100 valence electrons. The van der Waals surface area contributed by atoms with Gasteiger partial charge in [-0.1, -0.05) is 68.4 Å². The Hall–Kier alpha value is -1.93. The van der Waals surface area contributed by atoms with Gasteiger partial charge in [0.2, 0.25) is 0 Å². The van der Waals surface area contributed by atoms with Crippen LogP contribution in [0.2, 0.25) is 0 Å². The van der Waals surface area contributed by atoms with Gasteiger partial charge in [0.05, 0.1) is 4.88 Å². The van der Waals surface area contributed by atoms with Crippen molar-refractivity contribution in [3.63, 3.8) is 0 Å². The average Bonchev–Trinajstić information content (AvgIpc) is 2.98. The molecule has 0 radical (unpaired) electrons. The van der Waals surface area contributed by atoms with Gasteiger partial charge in [0.25, 0.3) is 0 Å². The summed E-state index contributed by atoms with van der Waals surface area (Å²) in [6.07, 6.45) is 1.97. The summed E-state index contributed by atoms with van der Waals surface area (Å²) in [6, 6.07) is 19.1. The summed E-state index contributed by atoms with van der Waals surface area (Å²) in [6.45, 7) is 4.43.